The summed E-state index contributed by atoms with van der Waals surface area (Å²) in [5, 5.41) is 10.1. The molecule has 1 aliphatic heterocycles. The van der Waals surface area contributed by atoms with Crippen molar-refractivity contribution in [3.05, 3.63) is 65.2 Å². The lowest BCUT2D eigenvalue weighted by molar-refractivity contribution is -0.141. The van der Waals surface area contributed by atoms with Crippen LogP contribution in [0.25, 0.3) is 0 Å². The lowest BCUT2D eigenvalue weighted by Crippen LogP contribution is -2.49. The Kier molecular flexibility index (Phi) is 4.60. The van der Waals surface area contributed by atoms with Gasteiger partial charge in [-0.15, -0.1) is 0 Å². The third kappa shape index (κ3) is 2.87. The standard InChI is InChI=1S/C22H23NO4/c1-27-18-13-7-6-12-17(18)20-19(22(25)26)15-10-4-5-11-16(15)21(24)23(20)14-8-2-3-9-14/h4-7,10-14,19-20H,2-3,8-9H2,1H3,(H,25,26). The summed E-state index contributed by atoms with van der Waals surface area (Å²) in [5.41, 5.74) is 1.84. The third-order valence-corrected chi connectivity index (χ3v) is 5.82. The second kappa shape index (κ2) is 7.06. The summed E-state index contributed by atoms with van der Waals surface area (Å²) in [5.74, 6) is -1.21. The second-order valence-corrected chi connectivity index (χ2v) is 7.24. The van der Waals surface area contributed by atoms with Gasteiger partial charge in [0.15, 0.2) is 0 Å². The van der Waals surface area contributed by atoms with E-state index in [4.69, 9.17) is 4.74 Å². The third-order valence-electron chi connectivity index (χ3n) is 5.82. The molecule has 0 aromatic heterocycles. The molecule has 1 fully saturated rings. The quantitative estimate of drug-likeness (QED) is 0.889. The fourth-order valence-corrected chi connectivity index (χ4v) is 4.64. The van der Waals surface area contributed by atoms with Gasteiger partial charge in [-0.25, -0.2) is 0 Å². The van der Waals surface area contributed by atoms with E-state index in [1.807, 2.05) is 29.2 Å². The van der Waals surface area contributed by atoms with Crippen molar-refractivity contribution in [1.29, 1.82) is 0 Å². The maximum absolute atomic E-state index is 13.4. The van der Waals surface area contributed by atoms with Crippen molar-refractivity contribution in [3.63, 3.8) is 0 Å². The normalized spacial score (nSPS) is 22.6. The van der Waals surface area contributed by atoms with Gasteiger partial charge in [-0.2, -0.15) is 0 Å². The van der Waals surface area contributed by atoms with Gasteiger partial charge < -0.3 is 14.7 Å². The number of carboxylic acid groups (broad SMARTS) is 1. The molecule has 0 bridgehead atoms. The van der Waals surface area contributed by atoms with E-state index in [9.17, 15) is 14.7 Å². The highest BCUT2D eigenvalue weighted by molar-refractivity contribution is 6.00. The van der Waals surface area contributed by atoms with Crippen LogP contribution in [0.1, 0.15) is 59.1 Å². The predicted octanol–water partition coefficient (Wildman–Crippen LogP) is 4.00. The zero-order valence-corrected chi connectivity index (χ0v) is 15.3. The van der Waals surface area contributed by atoms with E-state index in [-0.39, 0.29) is 11.9 Å². The van der Waals surface area contributed by atoms with Gasteiger partial charge in [-0.1, -0.05) is 49.2 Å². The highest BCUT2D eigenvalue weighted by atomic mass is 16.5. The molecule has 5 nitrogen and oxygen atoms in total. The number of aliphatic carboxylic acids is 1. The van der Waals surface area contributed by atoms with E-state index in [1.165, 1.54) is 0 Å². The van der Waals surface area contributed by atoms with Crippen molar-refractivity contribution >= 4 is 11.9 Å². The van der Waals surface area contributed by atoms with Crippen molar-refractivity contribution in [2.24, 2.45) is 0 Å². The first-order valence-corrected chi connectivity index (χ1v) is 9.40. The minimum absolute atomic E-state index is 0.0580. The van der Waals surface area contributed by atoms with Gasteiger partial charge in [0, 0.05) is 17.2 Å². The Morgan fingerprint density at radius 3 is 2.33 bits per heavy atom. The predicted molar refractivity (Wildman–Crippen MR) is 101 cm³/mol. The molecule has 2 aromatic rings. The van der Waals surface area contributed by atoms with Crippen molar-refractivity contribution in [1.82, 2.24) is 4.90 Å². The smallest absolute Gasteiger partial charge is 0.313 e. The first kappa shape index (κ1) is 17.6. The molecule has 27 heavy (non-hydrogen) atoms. The zero-order valence-electron chi connectivity index (χ0n) is 15.3. The van der Waals surface area contributed by atoms with Crippen LogP contribution in [0.2, 0.25) is 0 Å². The molecule has 0 spiro atoms. The van der Waals surface area contributed by atoms with Gasteiger partial charge in [-0.05, 0) is 30.5 Å². The van der Waals surface area contributed by atoms with E-state index in [0.717, 1.165) is 31.2 Å². The summed E-state index contributed by atoms with van der Waals surface area (Å²) in [4.78, 5) is 27.7. The van der Waals surface area contributed by atoms with E-state index in [2.05, 4.69) is 0 Å². The molecular formula is C22H23NO4. The number of fused-ring (bicyclic) bond motifs is 1. The van der Waals surface area contributed by atoms with Crippen LogP contribution >= 0.6 is 0 Å². The number of carboxylic acids is 1. The minimum atomic E-state index is -0.922. The zero-order chi connectivity index (χ0) is 19.0. The summed E-state index contributed by atoms with van der Waals surface area (Å²) >= 11 is 0. The highest BCUT2D eigenvalue weighted by Crippen LogP contribution is 2.48. The Balaban J connectivity index is 1.95. The number of carbonyl (C=O) groups excluding carboxylic acids is 1. The topological polar surface area (TPSA) is 66.8 Å². The van der Waals surface area contributed by atoms with E-state index in [1.54, 1.807) is 31.4 Å². The largest absolute Gasteiger partial charge is 0.496 e. The molecule has 0 radical (unpaired) electrons. The number of benzene rings is 2. The first-order chi connectivity index (χ1) is 13.1. The molecule has 2 aliphatic rings. The molecule has 2 unspecified atom stereocenters. The number of para-hydroxylation sites is 1. The summed E-state index contributed by atoms with van der Waals surface area (Å²) in [6.07, 6.45) is 3.94. The molecule has 140 valence electrons. The molecule has 2 atom stereocenters. The van der Waals surface area contributed by atoms with Crippen LogP contribution in [0, 0.1) is 0 Å². The number of ether oxygens (including phenoxy) is 1. The van der Waals surface area contributed by atoms with Crippen LogP contribution in [-0.4, -0.2) is 35.0 Å². The van der Waals surface area contributed by atoms with Crippen LogP contribution in [-0.2, 0) is 4.79 Å². The van der Waals surface area contributed by atoms with E-state index in [0.29, 0.717) is 16.9 Å². The number of amides is 1. The SMILES string of the molecule is COc1ccccc1C1C(C(=O)O)c2ccccc2C(=O)N1C1CCCC1. The summed E-state index contributed by atoms with van der Waals surface area (Å²) in [6.45, 7) is 0. The van der Waals surface area contributed by atoms with Gasteiger partial charge in [-0.3, -0.25) is 9.59 Å². The molecule has 2 aromatic carbocycles. The maximum atomic E-state index is 13.4. The van der Waals surface area contributed by atoms with Crippen LogP contribution in [0.5, 0.6) is 5.75 Å². The van der Waals surface area contributed by atoms with Crippen molar-refractivity contribution in [2.75, 3.05) is 7.11 Å². The molecule has 1 amide bonds. The van der Waals surface area contributed by atoms with Crippen molar-refractivity contribution in [3.8, 4) is 5.75 Å². The Hall–Kier alpha value is -2.82. The van der Waals surface area contributed by atoms with Crippen LogP contribution in [0.15, 0.2) is 48.5 Å². The van der Waals surface area contributed by atoms with Crippen molar-refractivity contribution in [2.45, 2.75) is 43.7 Å². The lowest BCUT2D eigenvalue weighted by Gasteiger charge is -2.44. The van der Waals surface area contributed by atoms with E-state index >= 15 is 0 Å². The Morgan fingerprint density at radius 1 is 1.04 bits per heavy atom. The van der Waals surface area contributed by atoms with Gasteiger partial charge in [0.05, 0.1) is 13.2 Å². The number of carbonyl (C=O) groups is 2. The average Bonchev–Trinajstić information content (AvgIpc) is 3.21. The highest BCUT2D eigenvalue weighted by Gasteiger charge is 2.47. The van der Waals surface area contributed by atoms with Crippen molar-refractivity contribution < 1.29 is 19.4 Å². The van der Waals surface area contributed by atoms with Crippen LogP contribution in [0.4, 0.5) is 0 Å². The molecule has 4 rings (SSSR count). The van der Waals surface area contributed by atoms with Gasteiger partial charge in [0.1, 0.15) is 11.7 Å². The Labute approximate surface area is 158 Å². The molecule has 5 heteroatoms. The fraction of sp³-hybridized carbons (Fsp3) is 0.364. The summed E-state index contributed by atoms with van der Waals surface area (Å²) in [6, 6.07) is 14.0. The summed E-state index contributed by atoms with van der Waals surface area (Å²) in [7, 11) is 1.58. The second-order valence-electron chi connectivity index (χ2n) is 7.24. The lowest BCUT2D eigenvalue weighted by atomic mass is 9.78. The molecule has 1 N–H and O–H groups in total. The minimum Gasteiger partial charge on any atom is -0.496 e. The van der Waals surface area contributed by atoms with Gasteiger partial charge in [0.25, 0.3) is 5.91 Å². The molecule has 1 heterocycles. The number of methoxy groups -OCH3 is 1. The van der Waals surface area contributed by atoms with Crippen LogP contribution < -0.4 is 4.74 Å². The molecule has 0 saturated heterocycles. The monoisotopic (exact) mass is 365 g/mol. The Morgan fingerprint density at radius 2 is 1.67 bits per heavy atom. The number of hydrogen-bond donors (Lipinski definition) is 1. The molecule has 1 saturated carbocycles. The Bertz CT molecular complexity index is 872. The number of rotatable bonds is 4. The molecule has 1 aliphatic carbocycles. The first-order valence-electron chi connectivity index (χ1n) is 9.40. The molecular weight excluding hydrogens is 342 g/mol. The van der Waals surface area contributed by atoms with Gasteiger partial charge in [0.2, 0.25) is 0 Å². The maximum Gasteiger partial charge on any atom is 0.313 e. The number of hydrogen-bond acceptors (Lipinski definition) is 3. The summed E-state index contributed by atoms with van der Waals surface area (Å²) < 4.78 is 5.53. The van der Waals surface area contributed by atoms with E-state index < -0.39 is 17.9 Å². The van der Waals surface area contributed by atoms with Gasteiger partial charge >= 0.3 is 5.97 Å². The van der Waals surface area contributed by atoms with Crippen LogP contribution in [0.3, 0.4) is 0 Å². The fourth-order valence-electron chi connectivity index (χ4n) is 4.64. The average molecular weight is 365 g/mol. The number of nitrogens with zero attached hydrogens (tertiary/aromatic N) is 1.